The summed E-state index contributed by atoms with van der Waals surface area (Å²) in [5.74, 6) is -2.70. The van der Waals surface area contributed by atoms with E-state index in [0.717, 1.165) is 38.2 Å². The average Bonchev–Trinajstić information content (AvgIpc) is 3.26. The minimum absolute atomic E-state index is 0.0506. The molecular weight excluding hydrogens is 601 g/mol. The number of carboxylic acid groups (broad SMARTS) is 1. The van der Waals surface area contributed by atoms with Crippen LogP contribution in [-0.4, -0.2) is 48.0 Å². The topological polar surface area (TPSA) is 161 Å². The van der Waals surface area contributed by atoms with Crippen LogP contribution in [0.2, 0.25) is 0 Å². The van der Waals surface area contributed by atoms with E-state index in [1.165, 1.54) is 51.3 Å². The molecule has 1 heterocycles. The highest BCUT2D eigenvalue weighted by molar-refractivity contribution is 7.89. The van der Waals surface area contributed by atoms with Gasteiger partial charge in [0, 0.05) is 24.3 Å². The van der Waals surface area contributed by atoms with Gasteiger partial charge in [0.05, 0.1) is 21.4 Å². The predicted molar refractivity (Wildman–Crippen MR) is 158 cm³/mol. The van der Waals surface area contributed by atoms with E-state index in [1.807, 2.05) is 0 Å². The van der Waals surface area contributed by atoms with Crippen LogP contribution >= 0.6 is 0 Å². The summed E-state index contributed by atoms with van der Waals surface area (Å²) < 4.78 is 72.7. The highest BCUT2D eigenvalue weighted by atomic mass is 32.2. The fraction of sp³-hybridized carbons (Fsp3) is 0.567. The molecule has 1 aromatic heterocycles. The molecule has 0 bridgehead atoms. The molecule has 2 aromatic rings. The van der Waals surface area contributed by atoms with Gasteiger partial charge in [0.25, 0.3) is 11.8 Å². The van der Waals surface area contributed by atoms with Crippen LogP contribution in [0.15, 0.2) is 29.2 Å². The smallest absolute Gasteiger partial charge is 0.417 e. The Morgan fingerprint density at radius 2 is 1.64 bits per heavy atom. The predicted octanol–water partition coefficient (Wildman–Crippen LogP) is 5.16. The number of aromatic nitrogens is 1. The number of carbonyl (C=O) groups excluding carboxylic acids is 2. The number of hydrogen-bond donors (Lipinski definition) is 4. The van der Waals surface area contributed by atoms with Crippen molar-refractivity contribution in [3.63, 3.8) is 0 Å². The van der Waals surface area contributed by atoms with Crippen LogP contribution < -0.4 is 15.8 Å². The van der Waals surface area contributed by atoms with E-state index >= 15 is 0 Å². The molecule has 0 radical (unpaired) electrons. The van der Waals surface area contributed by atoms with E-state index in [2.05, 4.69) is 10.0 Å². The van der Waals surface area contributed by atoms with Gasteiger partial charge in [-0.3, -0.25) is 14.4 Å². The number of nitrogens with zero attached hydrogens (tertiary/aromatic N) is 1. The number of halogens is 3. The molecule has 14 heteroatoms. The summed E-state index contributed by atoms with van der Waals surface area (Å²) in [6.07, 6.45) is -0.454. The van der Waals surface area contributed by atoms with Crippen molar-refractivity contribution < 1.29 is 41.1 Å². The first-order valence-corrected chi connectivity index (χ1v) is 15.9. The lowest BCUT2D eigenvalue weighted by Gasteiger charge is -2.25. The molecule has 0 unspecified atom stereocenters. The first-order chi connectivity index (χ1) is 20.1. The Bertz CT molecular complexity index is 1520. The Morgan fingerprint density at radius 3 is 2.16 bits per heavy atom. The van der Waals surface area contributed by atoms with Crippen LogP contribution in [0.5, 0.6) is 0 Å². The molecule has 44 heavy (non-hydrogen) atoms. The first-order valence-electron chi connectivity index (χ1n) is 14.4. The number of nitrogens with two attached hydrogens (primary N) is 1. The van der Waals surface area contributed by atoms with E-state index in [1.54, 1.807) is 0 Å². The molecule has 1 aliphatic rings. The number of amides is 2. The first kappa shape index (κ1) is 35.1. The molecule has 3 rings (SSSR count). The SMILES string of the molecule is CC(C)(C)NS(=O)(=O)c1ccc(-c2cc(C(=O)NCCC(C)(C)C(=O)O)c(C(N)=O)n2CC2CCCCC2)cc1C(F)(F)F. The second kappa shape index (κ2) is 12.9. The van der Waals surface area contributed by atoms with Crippen LogP contribution in [-0.2, 0) is 27.5 Å². The van der Waals surface area contributed by atoms with E-state index in [0.29, 0.717) is 6.07 Å². The molecule has 1 aliphatic carbocycles. The van der Waals surface area contributed by atoms with Gasteiger partial charge in [-0.05, 0) is 83.6 Å². The number of benzene rings is 1. The Hall–Kier alpha value is -3.39. The number of carbonyl (C=O) groups is 3. The number of carboxylic acids is 1. The number of hydrogen-bond acceptors (Lipinski definition) is 5. The Balaban J connectivity index is 2.18. The lowest BCUT2D eigenvalue weighted by atomic mass is 9.89. The normalized spacial score (nSPS) is 15.3. The van der Waals surface area contributed by atoms with Crippen molar-refractivity contribution in [2.45, 2.75) is 96.3 Å². The number of aliphatic carboxylic acids is 1. The van der Waals surface area contributed by atoms with Crippen molar-refractivity contribution in [2.75, 3.05) is 6.54 Å². The van der Waals surface area contributed by atoms with Crippen LogP contribution in [0.25, 0.3) is 11.3 Å². The van der Waals surface area contributed by atoms with E-state index in [4.69, 9.17) is 5.73 Å². The third kappa shape index (κ3) is 8.40. The number of primary amides is 1. The van der Waals surface area contributed by atoms with Crippen LogP contribution in [0.3, 0.4) is 0 Å². The number of nitrogens with one attached hydrogen (secondary N) is 2. The fourth-order valence-corrected chi connectivity index (χ4v) is 6.97. The van der Waals surface area contributed by atoms with Crippen molar-refractivity contribution in [3.05, 3.63) is 41.1 Å². The summed E-state index contributed by atoms with van der Waals surface area (Å²) in [5.41, 5.74) is 1.82. The van der Waals surface area contributed by atoms with Crippen molar-refractivity contribution in [2.24, 2.45) is 17.1 Å². The molecule has 10 nitrogen and oxygen atoms in total. The molecule has 244 valence electrons. The van der Waals surface area contributed by atoms with Gasteiger partial charge in [0.1, 0.15) is 5.69 Å². The maximum absolute atomic E-state index is 14.3. The van der Waals surface area contributed by atoms with Crippen molar-refractivity contribution in [1.82, 2.24) is 14.6 Å². The molecule has 0 atom stereocenters. The van der Waals surface area contributed by atoms with Crippen molar-refractivity contribution in [1.29, 1.82) is 0 Å². The van der Waals surface area contributed by atoms with Gasteiger partial charge in [-0.2, -0.15) is 13.2 Å². The quantitative estimate of drug-likeness (QED) is 0.265. The lowest BCUT2D eigenvalue weighted by Crippen LogP contribution is -2.41. The van der Waals surface area contributed by atoms with Gasteiger partial charge in [-0.1, -0.05) is 25.3 Å². The van der Waals surface area contributed by atoms with Crippen molar-refractivity contribution in [3.8, 4) is 11.3 Å². The highest BCUT2D eigenvalue weighted by Crippen LogP contribution is 2.39. The summed E-state index contributed by atoms with van der Waals surface area (Å²) in [6.45, 7) is 7.66. The summed E-state index contributed by atoms with van der Waals surface area (Å²) in [6, 6.07) is 4.05. The summed E-state index contributed by atoms with van der Waals surface area (Å²) >= 11 is 0. The second-order valence-corrected chi connectivity index (χ2v) is 14.7. The molecule has 1 saturated carbocycles. The molecule has 2 amide bonds. The Morgan fingerprint density at radius 1 is 1.02 bits per heavy atom. The minimum Gasteiger partial charge on any atom is -0.481 e. The van der Waals surface area contributed by atoms with Gasteiger partial charge >= 0.3 is 12.1 Å². The highest BCUT2D eigenvalue weighted by Gasteiger charge is 2.39. The van der Waals surface area contributed by atoms with Gasteiger partial charge in [0.15, 0.2) is 0 Å². The summed E-state index contributed by atoms with van der Waals surface area (Å²) in [5, 5.41) is 12.0. The van der Waals surface area contributed by atoms with Crippen LogP contribution in [0.4, 0.5) is 13.2 Å². The number of sulfonamides is 1. The number of rotatable bonds is 11. The maximum atomic E-state index is 14.3. The molecule has 0 saturated heterocycles. The van der Waals surface area contributed by atoms with Gasteiger partial charge in [0.2, 0.25) is 10.0 Å². The molecule has 1 fully saturated rings. The van der Waals surface area contributed by atoms with E-state index in [9.17, 15) is 41.1 Å². The maximum Gasteiger partial charge on any atom is 0.417 e. The molecule has 1 aromatic carbocycles. The van der Waals surface area contributed by atoms with E-state index < -0.39 is 55.4 Å². The summed E-state index contributed by atoms with van der Waals surface area (Å²) in [4.78, 5) is 36.6. The average molecular weight is 643 g/mol. The third-order valence-corrected chi connectivity index (χ3v) is 9.48. The fourth-order valence-electron chi connectivity index (χ4n) is 5.34. The van der Waals surface area contributed by atoms with Crippen LogP contribution in [0.1, 0.15) is 99.6 Å². The molecule has 0 aliphatic heterocycles. The second-order valence-electron chi connectivity index (χ2n) is 13.0. The Kier molecular flexibility index (Phi) is 10.3. The zero-order valence-electron chi connectivity index (χ0n) is 25.6. The monoisotopic (exact) mass is 642 g/mol. The van der Waals surface area contributed by atoms with Crippen LogP contribution in [0, 0.1) is 11.3 Å². The molecule has 5 N–H and O–H groups in total. The van der Waals surface area contributed by atoms with Crippen molar-refractivity contribution >= 4 is 27.8 Å². The third-order valence-electron chi connectivity index (χ3n) is 7.67. The van der Waals surface area contributed by atoms with Gasteiger partial charge in [-0.15, -0.1) is 0 Å². The minimum atomic E-state index is -5.05. The lowest BCUT2D eigenvalue weighted by molar-refractivity contribution is -0.147. The zero-order valence-corrected chi connectivity index (χ0v) is 26.4. The molecule has 0 spiro atoms. The number of alkyl halides is 3. The standard InChI is InChI=1S/C30H41F3N4O6S/c1-28(2,3)36-44(42,43)23-12-11-19(15-21(23)30(31,32)33)22-16-20(26(39)35-14-13-29(4,5)27(40)41)24(25(34)38)37(22)17-18-9-7-6-8-10-18/h11-12,15-16,18,36H,6-10,13-14,17H2,1-5H3,(H2,34,38)(H,35,39)(H,40,41). The van der Waals surface area contributed by atoms with Gasteiger partial charge in [-0.25, -0.2) is 13.1 Å². The largest absolute Gasteiger partial charge is 0.481 e. The molecular formula is C30H41F3N4O6S. The van der Waals surface area contributed by atoms with E-state index in [-0.39, 0.29) is 47.9 Å². The summed E-state index contributed by atoms with van der Waals surface area (Å²) in [7, 11) is -4.58. The zero-order chi connectivity index (χ0) is 33.3. The Labute approximate surface area is 255 Å². The van der Waals surface area contributed by atoms with Gasteiger partial charge < -0.3 is 20.7 Å².